The minimum atomic E-state index is 0.0558. The number of nitrogens with zero attached hydrogens (tertiary/aromatic N) is 2. The molecule has 1 saturated heterocycles. The fraction of sp³-hybridized carbons (Fsp3) is 0.579. The van der Waals surface area contributed by atoms with Crippen LogP contribution in [0.1, 0.15) is 32.3 Å². The summed E-state index contributed by atoms with van der Waals surface area (Å²) in [5, 5.41) is 0. The van der Waals surface area contributed by atoms with Crippen LogP contribution in [-0.2, 0) is 16.0 Å². The van der Waals surface area contributed by atoms with Gasteiger partial charge in [-0.05, 0) is 32.8 Å². The molecule has 0 radical (unpaired) electrons. The number of amides is 2. The lowest BCUT2D eigenvalue weighted by atomic mass is 9.94. The van der Waals surface area contributed by atoms with E-state index in [2.05, 4.69) is 0 Å². The first-order valence-corrected chi connectivity index (χ1v) is 8.79. The minimum Gasteiger partial charge on any atom is -0.496 e. The van der Waals surface area contributed by atoms with Crippen LogP contribution < -0.4 is 4.74 Å². The molecule has 0 atom stereocenters. The minimum absolute atomic E-state index is 0.0558. The molecule has 0 aromatic heterocycles. The maximum Gasteiger partial charge on any atom is 0.227 e. The van der Waals surface area contributed by atoms with Crippen molar-refractivity contribution in [2.45, 2.75) is 33.1 Å². The Hall–Kier alpha value is -2.04. The molecule has 1 heterocycles. The van der Waals surface area contributed by atoms with Crippen LogP contribution in [0, 0.1) is 5.92 Å². The Kier molecular flexibility index (Phi) is 6.64. The molecule has 0 aliphatic carbocycles. The number of likely N-dealkylation sites (tertiary alicyclic amines) is 1. The van der Waals surface area contributed by atoms with Gasteiger partial charge in [0.1, 0.15) is 5.75 Å². The van der Waals surface area contributed by atoms with Gasteiger partial charge >= 0.3 is 0 Å². The average molecular weight is 332 g/mol. The van der Waals surface area contributed by atoms with Crippen molar-refractivity contribution in [3.8, 4) is 5.75 Å². The van der Waals surface area contributed by atoms with Crippen molar-refractivity contribution >= 4 is 11.8 Å². The topological polar surface area (TPSA) is 49.9 Å². The van der Waals surface area contributed by atoms with Crippen LogP contribution in [0.3, 0.4) is 0 Å². The molecule has 0 N–H and O–H groups in total. The van der Waals surface area contributed by atoms with Crippen LogP contribution in [0.5, 0.6) is 5.75 Å². The van der Waals surface area contributed by atoms with E-state index in [1.807, 2.05) is 47.9 Å². The highest BCUT2D eigenvalue weighted by molar-refractivity contribution is 5.81. The molecule has 132 valence electrons. The Morgan fingerprint density at radius 1 is 1.17 bits per heavy atom. The number of hydrogen-bond acceptors (Lipinski definition) is 3. The Labute approximate surface area is 144 Å². The summed E-state index contributed by atoms with van der Waals surface area (Å²) in [6, 6.07) is 7.61. The van der Waals surface area contributed by atoms with E-state index in [-0.39, 0.29) is 17.7 Å². The van der Waals surface area contributed by atoms with Gasteiger partial charge in [0.25, 0.3) is 0 Å². The molecule has 0 spiro atoms. The van der Waals surface area contributed by atoms with Crippen LogP contribution in [0.15, 0.2) is 24.3 Å². The largest absolute Gasteiger partial charge is 0.496 e. The molecule has 0 unspecified atom stereocenters. The molecule has 5 nitrogen and oxygen atoms in total. The number of benzene rings is 1. The Bertz CT molecular complexity index is 561. The van der Waals surface area contributed by atoms with Crippen molar-refractivity contribution in [2.75, 3.05) is 33.3 Å². The standard InChI is InChI=1S/C19H28N2O3/c1-4-20(5-2)19(23)15-10-12-21(13-11-15)18(22)14-16-8-6-7-9-17(16)24-3/h6-9,15H,4-5,10-14H2,1-3H3. The monoisotopic (exact) mass is 332 g/mol. The quantitative estimate of drug-likeness (QED) is 0.803. The van der Waals surface area contributed by atoms with Crippen molar-refractivity contribution in [3.63, 3.8) is 0 Å². The van der Waals surface area contributed by atoms with Crippen molar-refractivity contribution in [3.05, 3.63) is 29.8 Å². The van der Waals surface area contributed by atoms with Gasteiger partial charge in [0.2, 0.25) is 11.8 Å². The lowest BCUT2D eigenvalue weighted by Crippen LogP contribution is -2.44. The summed E-state index contributed by atoms with van der Waals surface area (Å²) >= 11 is 0. The lowest BCUT2D eigenvalue weighted by Gasteiger charge is -2.34. The predicted molar refractivity (Wildman–Crippen MR) is 93.9 cm³/mol. The van der Waals surface area contributed by atoms with Gasteiger partial charge in [-0.15, -0.1) is 0 Å². The summed E-state index contributed by atoms with van der Waals surface area (Å²) in [5.41, 5.74) is 0.909. The average Bonchev–Trinajstić information content (AvgIpc) is 2.63. The summed E-state index contributed by atoms with van der Waals surface area (Å²) < 4.78 is 5.31. The van der Waals surface area contributed by atoms with E-state index in [1.54, 1.807) is 7.11 Å². The number of methoxy groups -OCH3 is 1. The number of ether oxygens (including phenoxy) is 1. The molecular weight excluding hydrogens is 304 g/mol. The summed E-state index contributed by atoms with van der Waals surface area (Å²) in [6.07, 6.45) is 1.86. The number of carbonyl (C=O) groups is 2. The van der Waals surface area contributed by atoms with Crippen molar-refractivity contribution in [2.24, 2.45) is 5.92 Å². The van der Waals surface area contributed by atoms with E-state index in [0.717, 1.165) is 37.2 Å². The second kappa shape index (κ2) is 8.71. The zero-order chi connectivity index (χ0) is 17.5. The second-order valence-electron chi connectivity index (χ2n) is 6.15. The van der Waals surface area contributed by atoms with Gasteiger partial charge in [0.15, 0.2) is 0 Å². The third-order valence-electron chi connectivity index (χ3n) is 4.81. The highest BCUT2D eigenvalue weighted by atomic mass is 16.5. The van der Waals surface area contributed by atoms with Gasteiger partial charge < -0.3 is 14.5 Å². The van der Waals surface area contributed by atoms with Crippen LogP contribution in [0.25, 0.3) is 0 Å². The highest BCUT2D eigenvalue weighted by Crippen LogP contribution is 2.22. The van der Waals surface area contributed by atoms with E-state index in [1.165, 1.54) is 0 Å². The zero-order valence-corrected chi connectivity index (χ0v) is 15.0. The molecule has 24 heavy (non-hydrogen) atoms. The summed E-state index contributed by atoms with van der Waals surface area (Å²) in [5.74, 6) is 1.14. The van der Waals surface area contributed by atoms with Gasteiger partial charge in [-0.2, -0.15) is 0 Å². The van der Waals surface area contributed by atoms with Crippen LogP contribution >= 0.6 is 0 Å². The molecular formula is C19H28N2O3. The lowest BCUT2D eigenvalue weighted by molar-refractivity contribution is -0.140. The molecule has 2 rings (SSSR count). The summed E-state index contributed by atoms with van der Waals surface area (Å²) in [4.78, 5) is 28.7. The van der Waals surface area contributed by atoms with Crippen LogP contribution in [0.2, 0.25) is 0 Å². The first kappa shape index (κ1) is 18.3. The van der Waals surface area contributed by atoms with E-state index in [9.17, 15) is 9.59 Å². The van der Waals surface area contributed by atoms with E-state index in [4.69, 9.17) is 4.74 Å². The maximum absolute atomic E-state index is 12.5. The first-order chi connectivity index (χ1) is 11.6. The Morgan fingerprint density at radius 2 is 1.79 bits per heavy atom. The molecule has 0 bridgehead atoms. The number of carbonyl (C=O) groups excluding carboxylic acids is 2. The third-order valence-corrected chi connectivity index (χ3v) is 4.81. The van der Waals surface area contributed by atoms with Crippen LogP contribution in [-0.4, -0.2) is 54.9 Å². The highest BCUT2D eigenvalue weighted by Gasteiger charge is 2.29. The zero-order valence-electron chi connectivity index (χ0n) is 15.0. The predicted octanol–water partition coefficient (Wildman–Crippen LogP) is 2.34. The molecule has 5 heteroatoms. The Balaban J connectivity index is 1.90. The number of rotatable bonds is 6. The number of para-hydroxylation sites is 1. The van der Waals surface area contributed by atoms with Crippen molar-refractivity contribution < 1.29 is 14.3 Å². The van der Waals surface area contributed by atoms with Gasteiger partial charge in [0, 0.05) is 37.7 Å². The first-order valence-electron chi connectivity index (χ1n) is 8.79. The van der Waals surface area contributed by atoms with Crippen molar-refractivity contribution in [1.82, 2.24) is 9.80 Å². The van der Waals surface area contributed by atoms with E-state index >= 15 is 0 Å². The normalized spacial score (nSPS) is 15.2. The van der Waals surface area contributed by atoms with E-state index in [0.29, 0.717) is 19.5 Å². The number of hydrogen-bond donors (Lipinski definition) is 0. The SMILES string of the molecule is CCN(CC)C(=O)C1CCN(C(=O)Cc2ccccc2OC)CC1. The molecule has 1 aliphatic rings. The van der Waals surface area contributed by atoms with Gasteiger partial charge in [-0.25, -0.2) is 0 Å². The number of piperidine rings is 1. The summed E-state index contributed by atoms with van der Waals surface area (Å²) in [7, 11) is 1.62. The maximum atomic E-state index is 12.5. The molecule has 2 amide bonds. The van der Waals surface area contributed by atoms with E-state index < -0.39 is 0 Å². The Morgan fingerprint density at radius 3 is 2.38 bits per heavy atom. The van der Waals surface area contributed by atoms with Gasteiger partial charge in [-0.3, -0.25) is 9.59 Å². The van der Waals surface area contributed by atoms with Crippen molar-refractivity contribution in [1.29, 1.82) is 0 Å². The molecule has 1 aromatic rings. The second-order valence-corrected chi connectivity index (χ2v) is 6.15. The third kappa shape index (κ3) is 4.28. The smallest absolute Gasteiger partial charge is 0.227 e. The van der Waals surface area contributed by atoms with Crippen LogP contribution in [0.4, 0.5) is 0 Å². The molecule has 1 fully saturated rings. The molecule has 0 saturated carbocycles. The molecule has 1 aromatic carbocycles. The molecule has 1 aliphatic heterocycles. The van der Waals surface area contributed by atoms with Gasteiger partial charge in [0.05, 0.1) is 13.5 Å². The fourth-order valence-electron chi connectivity index (χ4n) is 3.29. The summed E-state index contributed by atoms with van der Waals surface area (Å²) in [6.45, 7) is 6.84. The van der Waals surface area contributed by atoms with Gasteiger partial charge in [-0.1, -0.05) is 18.2 Å². The fourth-order valence-corrected chi connectivity index (χ4v) is 3.29.